The predicted molar refractivity (Wildman–Crippen MR) is 98.7 cm³/mol. The fraction of sp³-hybridized carbons (Fsp3) is 0.300. The third kappa shape index (κ3) is 4.81. The van der Waals surface area contributed by atoms with E-state index >= 15 is 0 Å². The van der Waals surface area contributed by atoms with E-state index in [-0.39, 0.29) is 11.6 Å². The zero-order valence-electron chi connectivity index (χ0n) is 15.1. The second-order valence-corrected chi connectivity index (χ2v) is 6.09. The van der Waals surface area contributed by atoms with Gasteiger partial charge in [-0.05, 0) is 37.1 Å². The Kier molecular flexibility index (Phi) is 6.72. The number of halogens is 1. The number of hydrogen-bond acceptors (Lipinski definition) is 3. The molecule has 0 aliphatic carbocycles. The average molecular weight is 358 g/mol. The number of ether oxygens (including phenoxy) is 1. The van der Waals surface area contributed by atoms with E-state index < -0.39 is 23.7 Å². The number of amides is 2. The molecule has 0 aliphatic rings. The molecule has 2 rings (SSSR count). The maximum absolute atomic E-state index is 13.8. The number of nitrogens with one attached hydrogen (secondary N) is 2. The number of hydrogen-bond donors (Lipinski definition) is 2. The second-order valence-electron chi connectivity index (χ2n) is 6.09. The van der Waals surface area contributed by atoms with Crippen molar-refractivity contribution in [3.05, 3.63) is 59.9 Å². The zero-order valence-corrected chi connectivity index (χ0v) is 15.1. The molecule has 2 aromatic rings. The topological polar surface area (TPSA) is 67.4 Å². The van der Waals surface area contributed by atoms with E-state index in [0.717, 1.165) is 0 Å². The summed E-state index contributed by atoms with van der Waals surface area (Å²) in [7, 11) is 0. The number of rotatable bonds is 7. The molecule has 0 bridgehead atoms. The van der Waals surface area contributed by atoms with E-state index in [9.17, 15) is 14.0 Å². The Morgan fingerprint density at radius 1 is 1.08 bits per heavy atom. The molecule has 2 aromatic carbocycles. The summed E-state index contributed by atoms with van der Waals surface area (Å²) >= 11 is 0. The van der Waals surface area contributed by atoms with Crippen LogP contribution in [0.25, 0.3) is 0 Å². The predicted octanol–water partition coefficient (Wildman–Crippen LogP) is 3.62. The van der Waals surface area contributed by atoms with Gasteiger partial charge in [-0.15, -0.1) is 0 Å². The number of carbonyl (C=O) groups is 2. The quantitative estimate of drug-likeness (QED) is 0.794. The molecule has 5 nitrogen and oxygen atoms in total. The third-order valence-corrected chi connectivity index (χ3v) is 3.80. The van der Waals surface area contributed by atoms with Gasteiger partial charge < -0.3 is 15.4 Å². The molecule has 0 aliphatic heterocycles. The van der Waals surface area contributed by atoms with Crippen LogP contribution in [-0.4, -0.2) is 24.5 Å². The third-order valence-electron chi connectivity index (χ3n) is 3.80. The number of carbonyl (C=O) groups excluding carboxylic acids is 2. The highest BCUT2D eigenvalue weighted by atomic mass is 19.1. The van der Waals surface area contributed by atoms with Crippen molar-refractivity contribution >= 4 is 17.5 Å². The summed E-state index contributed by atoms with van der Waals surface area (Å²) < 4.78 is 19.2. The maximum atomic E-state index is 13.8. The Balaban J connectivity index is 2.16. The smallest absolute Gasteiger partial charge is 0.255 e. The fourth-order valence-electron chi connectivity index (χ4n) is 2.46. The molecule has 0 heterocycles. The monoisotopic (exact) mass is 358 g/mol. The molecular weight excluding hydrogens is 335 g/mol. The minimum absolute atomic E-state index is 0.0760. The lowest BCUT2D eigenvalue weighted by molar-refractivity contribution is -0.118. The van der Waals surface area contributed by atoms with Gasteiger partial charge in [-0.1, -0.05) is 38.1 Å². The number of benzene rings is 2. The largest absolute Gasteiger partial charge is 0.493 e. The highest BCUT2D eigenvalue weighted by Crippen LogP contribution is 2.19. The van der Waals surface area contributed by atoms with Crippen molar-refractivity contribution in [2.24, 2.45) is 5.92 Å². The van der Waals surface area contributed by atoms with Gasteiger partial charge in [-0.25, -0.2) is 4.39 Å². The summed E-state index contributed by atoms with van der Waals surface area (Å²) in [6, 6.07) is 11.9. The number of para-hydroxylation sites is 2. The normalized spacial score (nSPS) is 11.7. The van der Waals surface area contributed by atoms with Crippen molar-refractivity contribution < 1.29 is 18.7 Å². The molecule has 0 radical (unpaired) electrons. The van der Waals surface area contributed by atoms with Crippen LogP contribution < -0.4 is 15.4 Å². The van der Waals surface area contributed by atoms with Gasteiger partial charge in [-0.3, -0.25) is 9.59 Å². The molecule has 26 heavy (non-hydrogen) atoms. The highest BCUT2D eigenvalue weighted by Gasteiger charge is 2.26. The zero-order chi connectivity index (χ0) is 19.1. The molecule has 0 aromatic heterocycles. The molecule has 6 heteroatoms. The van der Waals surface area contributed by atoms with Crippen molar-refractivity contribution in [1.29, 1.82) is 0 Å². The van der Waals surface area contributed by atoms with Crippen LogP contribution in [0.4, 0.5) is 10.1 Å². The van der Waals surface area contributed by atoms with Crippen molar-refractivity contribution in [3.8, 4) is 5.75 Å². The lowest BCUT2D eigenvalue weighted by atomic mass is 10.0. The van der Waals surface area contributed by atoms with E-state index in [4.69, 9.17) is 4.74 Å². The van der Waals surface area contributed by atoms with Crippen LogP contribution in [0, 0.1) is 11.7 Å². The van der Waals surface area contributed by atoms with Crippen molar-refractivity contribution in [1.82, 2.24) is 5.32 Å². The first-order chi connectivity index (χ1) is 12.4. The SMILES string of the molecule is CCOc1ccccc1C(=O)NC(C(=O)Nc1ccccc1F)C(C)C. The van der Waals surface area contributed by atoms with Gasteiger partial charge in [0.05, 0.1) is 17.9 Å². The Morgan fingerprint density at radius 2 is 1.73 bits per heavy atom. The second kappa shape index (κ2) is 8.99. The lowest BCUT2D eigenvalue weighted by Gasteiger charge is -2.22. The van der Waals surface area contributed by atoms with Crippen molar-refractivity contribution in [3.63, 3.8) is 0 Å². The first-order valence-electron chi connectivity index (χ1n) is 8.52. The van der Waals surface area contributed by atoms with Gasteiger partial charge in [-0.2, -0.15) is 0 Å². The summed E-state index contributed by atoms with van der Waals surface area (Å²) in [5, 5.41) is 5.25. The van der Waals surface area contributed by atoms with Gasteiger partial charge >= 0.3 is 0 Å². The number of anilines is 1. The van der Waals surface area contributed by atoms with Crippen LogP contribution in [0.2, 0.25) is 0 Å². The van der Waals surface area contributed by atoms with Crippen LogP contribution in [0.5, 0.6) is 5.75 Å². The van der Waals surface area contributed by atoms with Crippen LogP contribution in [0.3, 0.4) is 0 Å². The fourth-order valence-corrected chi connectivity index (χ4v) is 2.46. The molecule has 0 saturated heterocycles. The Labute approximate surface area is 152 Å². The van der Waals surface area contributed by atoms with Gasteiger partial charge in [0.15, 0.2) is 0 Å². The van der Waals surface area contributed by atoms with Gasteiger partial charge in [0.1, 0.15) is 17.6 Å². The lowest BCUT2D eigenvalue weighted by Crippen LogP contribution is -2.47. The summed E-state index contributed by atoms with van der Waals surface area (Å²) in [5.41, 5.74) is 0.422. The Morgan fingerprint density at radius 3 is 2.38 bits per heavy atom. The highest BCUT2D eigenvalue weighted by molar-refractivity contribution is 6.02. The van der Waals surface area contributed by atoms with Gasteiger partial charge in [0.25, 0.3) is 5.91 Å². The maximum Gasteiger partial charge on any atom is 0.255 e. The van der Waals surface area contributed by atoms with Crippen molar-refractivity contribution in [2.75, 3.05) is 11.9 Å². The Hall–Kier alpha value is -2.89. The van der Waals surface area contributed by atoms with Crippen LogP contribution in [0.15, 0.2) is 48.5 Å². The van der Waals surface area contributed by atoms with Crippen LogP contribution >= 0.6 is 0 Å². The van der Waals surface area contributed by atoms with Gasteiger partial charge in [0.2, 0.25) is 5.91 Å². The standard InChI is InChI=1S/C20H23FN2O3/c1-4-26-17-12-8-5-9-14(17)19(24)23-18(13(2)3)20(25)22-16-11-7-6-10-15(16)21/h5-13,18H,4H2,1-3H3,(H,22,25)(H,23,24). The summed E-state index contributed by atoms with van der Waals surface area (Å²) in [5.74, 6) is -1.17. The molecule has 0 saturated carbocycles. The first-order valence-corrected chi connectivity index (χ1v) is 8.52. The molecular formula is C20H23FN2O3. The van der Waals surface area contributed by atoms with E-state index in [1.807, 2.05) is 6.92 Å². The molecule has 138 valence electrons. The molecule has 1 atom stereocenters. The molecule has 1 unspecified atom stereocenters. The molecule has 0 fully saturated rings. The van der Waals surface area contributed by atoms with E-state index in [1.54, 1.807) is 44.2 Å². The molecule has 0 spiro atoms. The van der Waals surface area contributed by atoms with E-state index in [0.29, 0.717) is 17.9 Å². The van der Waals surface area contributed by atoms with Crippen LogP contribution in [-0.2, 0) is 4.79 Å². The molecule has 2 N–H and O–H groups in total. The van der Waals surface area contributed by atoms with E-state index in [2.05, 4.69) is 10.6 Å². The average Bonchev–Trinajstić information content (AvgIpc) is 2.61. The van der Waals surface area contributed by atoms with Gasteiger partial charge in [0, 0.05) is 0 Å². The van der Waals surface area contributed by atoms with E-state index in [1.165, 1.54) is 18.2 Å². The summed E-state index contributed by atoms with van der Waals surface area (Å²) in [6.45, 7) is 5.86. The Bertz CT molecular complexity index is 777. The first kappa shape index (κ1) is 19.4. The minimum atomic E-state index is -0.822. The molecule has 2 amide bonds. The minimum Gasteiger partial charge on any atom is -0.493 e. The van der Waals surface area contributed by atoms with Crippen molar-refractivity contribution in [2.45, 2.75) is 26.8 Å². The van der Waals surface area contributed by atoms with Crippen LogP contribution in [0.1, 0.15) is 31.1 Å². The summed E-state index contributed by atoms with van der Waals surface area (Å²) in [4.78, 5) is 25.2. The summed E-state index contributed by atoms with van der Waals surface area (Å²) in [6.07, 6.45) is 0.